The maximum Gasteiger partial charge on any atom is 0.274 e. The van der Waals surface area contributed by atoms with Crippen molar-refractivity contribution in [1.29, 1.82) is 0 Å². The van der Waals surface area contributed by atoms with Crippen molar-refractivity contribution in [2.75, 3.05) is 32.8 Å². The molecule has 1 heterocycles. The SMILES string of the molecule is CC(C)CN1CCO[C@H](CNS(N)(=O)=O)C1. The summed E-state index contributed by atoms with van der Waals surface area (Å²) in [5.74, 6) is 0.602. The van der Waals surface area contributed by atoms with Gasteiger partial charge in [0.05, 0.1) is 12.7 Å². The van der Waals surface area contributed by atoms with E-state index in [0.29, 0.717) is 12.5 Å². The van der Waals surface area contributed by atoms with Gasteiger partial charge in [-0.25, -0.2) is 5.14 Å². The van der Waals surface area contributed by atoms with Crippen molar-refractivity contribution < 1.29 is 13.2 Å². The van der Waals surface area contributed by atoms with Crippen LogP contribution >= 0.6 is 0 Å². The Kier molecular flexibility index (Phi) is 5.13. The first-order chi connectivity index (χ1) is 7.37. The molecule has 0 aliphatic carbocycles. The summed E-state index contributed by atoms with van der Waals surface area (Å²) in [6.07, 6.45) is -0.106. The monoisotopic (exact) mass is 251 g/mol. The second-order valence-electron chi connectivity index (χ2n) is 4.54. The third-order valence-electron chi connectivity index (χ3n) is 2.36. The van der Waals surface area contributed by atoms with Gasteiger partial charge in [0.1, 0.15) is 0 Å². The van der Waals surface area contributed by atoms with E-state index in [2.05, 4.69) is 23.5 Å². The Balaban J connectivity index is 2.33. The molecule has 0 bridgehead atoms. The maximum absolute atomic E-state index is 10.7. The summed E-state index contributed by atoms with van der Waals surface area (Å²) in [5.41, 5.74) is 0. The first kappa shape index (κ1) is 13.9. The minimum absolute atomic E-state index is 0.106. The molecule has 1 fully saturated rings. The molecule has 0 unspecified atom stereocenters. The van der Waals surface area contributed by atoms with Crippen LogP contribution in [0.1, 0.15) is 13.8 Å². The van der Waals surface area contributed by atoms with Gasteiger partial charge in [0, 0.05) is 26.2 Å². The van der Waals surface area contributed by atoms with E-state index in [0.717, 1.165) is 19.6 Å². The molecule has 0 spiro atoms. The van der Waals surface area contributed by atoms with Crippen molar-refractivity contribution in [3.63, 3.8) is 0 Å². The molecule has 16 heavy (non-hydrogen) atoms. The molecule has 96 valence electrons. The quantitative estimate of drug-likeness (QED) is 0.665. The van der Waals surface area contributed by atoms with Crippen LogP contribution in [0.2, 0.25) is 0 Å². The first-order valence-electron chi connectivity index (χ1n) is 5.48. The molecule has 1 rings (SSSR count). The van der Waals surface area contributed by atoms with Gasteiger partial charge in [0.2, 0.25) is 0 Å². The number of nitrogens with one attached hydrogen (secondary N) is 1. The zero-order valence-corrected chi connectivity index (χ0v) is 10.7. The molecule has 1 saturated heterocycles. The highest BCUT2D eigenvalue weighted by atomic mass is 32.2. The van der Waals surface area contributed by atoms with Gasteiger partial charge in [-0.15, -0.1) is 0 Å². The predicted molar refractivity (Wildman–Crippen MR) is 62.1 cm³/mol. The molecule has 0 aromatic carbocycles. The van der Waals surface area contributed by atoms with Crippen molar-refractivity contribution >= 4 is 10.2 Å². The van der Waals surface area contributed by atoms with E-state index >= 15 is 0 Å². The lowest BCUT2D eigenvalue weighted by Crippen LogP contribution is -2.49. The highest BCUT2D eigenvalue weighted by Crippen LogP contribution is 2.07. The summed E-state index contributed by atoms with van der Waals surface area (Å²) in [6, 6.07) is 0. The normalized spacial score (nSPS) is 23.9. The van der Waals surface area contributed by atoms with Crippen LogP contribution in [0.3, 0.4) is 0 Å². The highest BCUT2D eigenvalue weighted by molar-refractivity contribution is 7.87. The molecule has 0 radical (unpaired) electrons. The Morgan fingerprint density at radius 3 is 2.81 bits per heavy atom. The van der Waals surface area contributed by atoms with Gasteiger partial charge >= 0.3 is 0 Å². The largest absolute Gasteiger partial charge is 0.374 e. The Morgan fingerprint density at radius 1 is 1.56 bits per heavy atom. The Labute approximate surface area is 97.3 Å². The van der Waals surface area contributed by atoms with Gasteiger partial charge in [-0.2, -0.15) is 13.1 Å². The van der Waals surface area contributed by atoms with Crippen LogP contribution in [-0.2, 0) is 14.9 Å². The fraction of sp³-hybridized carbons (Fsp3) is 1.00. The van der Waals surface area contributed by atoms with Crippen molar-refractivity contribution in [3.8, 4) is 0 Å². The summed E-state index contributed by atoms with van der Waals surface area (Å²) in [6.45, 7) is 7.87. The predicted octanol–water partition coefficient (Wildman–Crippen LogP) is -0.864. The topological polar surface area (TPSA) is 84.7 Å². The maximum atomic E-state index is 10.7. The van der Waals surface area contributed by atoms with Crippen LogP contribution in [0.25, 0.3) is 0 Å². The van der Waals surface area contributed by atoms with Crippen molar-refractivity contribution in [1.82, 2.24) is 9.62 Å². The highest BCUT2D eigenvalue weighted by Gasteiger charge is 2.21. The molecule has 0 amide bonds. The van der Waals surface area contributed by atoms with Crippen LogP contribution in [0.15, 0.2) is 0 Å². The Hall–Kier alpha value is -0.210. The molecule has 1 aliphatic rings. The lowest BCUT2D eigenvalue weighted by atomic mass is 10.2. The van der Waals surface area contributed by atoms with E-state index in [1.807, 2.05) is 0 Å². The van der Waals surface area contributed by atoms with Crippen LogP contribution in [-0.4, -0.2) is 52.2 Å². The van der Waals surface area contributed by atoms with Crippen LogP contribution < -0.4 is 9.86 Å². The summed E-state index contributed by atoms with van der Waals surface area (Å²) in [5, 5.41) is 4.86. The minimum Gasteiger partial charge on any atom is -0.374 e. The molecule has 1 atom stereocenters. The third kappa shape index (κ3) is 5.76. The summed E-state index contributed by atoms with van der Waals surface area (Å²) < 4.78 is 29.2. The van der Waals surface area contributed by atoms with Crippen molar-refractivity contribution in [2.45, 2.75) is 20.0 Å². The van der Waals surface area contributed by atoms with E-state index in [1.165, 1.54) is 0 Å². The molecule has 3 N–H and O–H groups in total. The lowest BCUT2D eigenvalue weighted by molar-refractivity contribution is -0.0280. The summed E-state index contributed by atoms with van der Waals surface area (Å²) in [7, 11) is -3.61. The molecule has 0 saturated carbocycles. The number of nitrogens with zero attached hydrogens (tertiary/aromatic N) is 1. The van der Waals surface area contributed by atoms with Gasteiger partial charge < -0.3 is 4.74 Å². The van der Waals surface area contributed by atoms with E-state index in [9.17, 15) is 8.42 Å². The molecular weight excluding hydrogens is 230 g/mol. The average Bonchev–Trinajstić information content (AvgIpc) is 2.13. The lowest BCUT2D eigenvalue weighted by Gasteiger charge is -2.33. The van der Waals surface area contributed by atoms with E-state index in [-0.39, 0.29) is 12.6 Å². The second-order valence-corrected chi connectivity index (χ2v) is 5.92. The number of rotatable bonds is 5. The van der Waals surface area contributed by atoms with Gasteiger partial charge in [0.25, 0.3) is 10.2 Å². The summed E-state index contributed by atoms with van der Waals surface area (Å²) in [4.78, 5) is 2.28. The van der Waals surface area contributed by atoms with Crippen molar-refractivity contribution in [3.05, 3.63) is 0 Å². The molecule has 0 aromatic heterocycles. The minimum atomic E-state index is -3.61. The first-order valence-corrected chi connectivity index (χ1v) is 7.03. The fourth-order valence-corrected chi connectivity index (χ4v) is 2.21. The zero-order chi connectivity index (χ0) is 12.2. The zero-order valence-electron chi connectivity index (χ0n) is 9.85. The molecule has 1 aliphatic heterocycles. The molecule has 0 aromatic rings. The van der Waals surface area contributed by atoms with E-state index in [1.54, 1.807) is 0 Å². The van der Waals surface area contributed by atoms with E-state index < -0.39 is 10.2 Å². The smallest absolute Gasteiger partial charge is 0.274 e. The average molecular weight is 251 g/mol. The van der Waals surface area contributed by atoms with Crippen molar-refractivity contribution in [2.24, 2.45) is 11.1 Å². The van der Waals surface area contributed by atoms with Gasteiger partial charge in [-0.05, 0) is 5.92 Å². The number of hydrogen-bond donors (Lipinski definition) is 2. The number of morpholine rings is 1. The third-order valence-corrected chi connectivity index (χ3v) is 2.93. The van der Waals surface area contributed by atoms with Crippen LogP contribution in [0, 0.1) is 5.92 Å². The van der Waals surface area contributed by atoms with E-state index in [4.69, 9.17) is 9.88 Å². The molecule has 6 nitrogen and oxygen atoms in total. The van der Waals surface area contributed by atoms with Gasteiger partial charge in [-0.1, -0.05) is 13.8 Å². The second kappa shape index (κ2) is 5.92. The van der Waals surface area contributed by atoms with Gasteiger partial charge in [0.15, 0.2) is 0 Å². The van der Waals surface area contributed by atoms with Crippen LogP contribution in [0.5, 0.6) is 0 Å². The Bertz CT molecular complexity index is 305. The number of hydrogen-bond acceptors (Lipinski definition) is 4. The standard InChI is InChI=1S/C9H21N3O3S/c1-8(2)6-12-3-4-15-9(7-12)5-11-16(10,13)14/h8-9,11H,3-7H2,1-2H3,(H2,10,13,14)/t9-/m1/s1. The van der Waals surface area contributed by atoms with Crippen LogP contribution in [0.4, 0.5) is 0 Å². The molecule has 7 heteroatoms. The fourth-order valence-electron chi connectivity index (χ4n) is 1.80. The number of ether oxygens (including phenoxy) is 1. The summed E-state index contributed by atoms with van der Waals surface area (Å²) >= 11 is 0. The Morgan fingerprint density at radius 2 is 2.25 bits per heavy atom. The van der Waals surface area contributed by atoms with Gasteiger partial charge in [-0.3, -0.25) is 4.90 Å². The number of nitrogens with two attached hydrogens (primary N) is 1. The molecular formula is C9H21N3O3S.